The number of carbonyl (C=O) groups is 1. The monoisotopic (exact) mass is 456 g/mol. The summed E-state index contributed by atoms with van der Waals surface area (Å²) < 4.78 is 11.2. The number of nitrogens with zero attached hydrogens (tertiary/aromatic N) is 1. The zero-order valence-corrected chi connectivity index (χ0v) is 19.7. The molecule has 1 aliphatic heterocycles. The number of nitrogens with one attached hydrogen (secondary N) is 1. The lowest BCUT2D eigenvalue weighted by Crippen LogP contribution is -2.45. The van der Waals surface area contributed by atoms with Crippen LogP contribution >= 0.6 is 0 Å². The molecule has 0 aromatic heterocycles. The van der Waals surface area contributed by atoms with Crippen molar-refractivity contribution in [1.29, 1.82) is 0 Å². The number of carbonyl (C=O) groups excluding carboxylic acids is 1. The summed E-state index contributed by atoms with van der Waals surface area (Å²) in [5.74, 6) is 2.27. The standard InChI is InChI=1S/C29H32N2O3/c1-21(30-29(32)34-20-22-5-3-2-4-6-22)24-9-11-25(12-10-24)26-17-31(18-26)27-13-15-28(16-14-27)33-19-23-7-8-23/h2-6,9-16,21,23,26H,7-8,17-20H2,1H3,(H,30,32)/t21-/m0/s1. The van der Waals surface area contributed by atoms with Gasteiger partial charge in [-0.1, -0.05) is 54.6 Å². The van der Waals surface area contributed by atoms with E-state index in [0.29, 0.717) is 5.92 Å². The van der Waals surface area contributed by atoms with E-state index in [4.69, 9.17) is 9.47 Å². The van der Waals surface area contributed by atoms with Crippen molar-refractivity contribution >= 4 is 11.8 Å². The molecular formula is C29H32N2O3. The molecule has 5 heteroatoms. The maximum absolute atomic E-state index is 12.1. The zero-order chi connectivity index (χ0) is 23.3. The Hall–Kier alpha value is -3.47. The van der Waals surface area contributed by atoms with E-state index in [1.165, 1.54) is 24.1 Å². The third-order valence-electron chi connectivity index (χ3n) is 6.72. The highest BCUT2D eigenvalue weighted by Gasteiger charge is 2.28. The van der Waals surface area contributed by atoms with Gasteiger partial charge in [-0.05, 0) is 66.6 Å². The van der Waals surface area contributed by atoms with Gasteiger partial charge in [0.1, 0.15) is 12.4 Å². The van der Waals surface area contributed by atoms with E-state index >= 15 is 0 Å². The lowest BCUT2D eigenvalue weighted by molar-refractivity contribution is 0.136. The van der Waals surface area contributed by atoms with Crippen LogP contribution in [0.25, 0.3) is 0 Å². The van der Waals surface area contributed by atoms with Crippen LogP contribution in [0.15, 0.2) is 78.9 Å². The maximum Gasteiger partial charge on any atom is 0.407 e. The first-order valence-electron chi connectivity index (χ1n) is 12.2. The van der Waals surface area contributed by atoms with Gasteiger partial charge in [0, 0.05) is 24.7 Å². The maximum atomic E-state index is 12.1. The second-order valence-electron chi connectivity index (χ2n) is 9.44. The topological polar surface area (TPSA) is 50.8 Å². The molecule has 1 saturated heterocycles. The van der Waals surface area contributed by atoms with Gasteiger partial charge in [0.05, 0.1) is 12.6 Å². The van der Waals surface area contributed by atoms with Gasteiger partial charge in [-0.2, -0.15) is 0 Å². The summed E-state index contributed by atoms with van der Waals surface area (Å²) in [7, 11) is 0. The largest absolute Gasteiger partial charge is 0.493 e. The summed E-state index contributed by atoms with van der Waals surface area (Å²) in [5, 5.41) is 2.92. The predicted octanol–water partition coefficient (Wildman–Crippen LogP) is 6.07. The fourth-order valence-corrected chi connectivity index (χ4v) is 4.23. The highest BCUT2D eigenvalue weighted by Crippen LogP contribution is 2.34. The Labute approximate surface area is 201 Å². The highest BCUT2D eigenvalue weighted by molar-refractivity contribution is 5.67. The minimum absolute atomic E-state index is 0.115. The first kappa shape index (κ1) is 22.3. The molecule has 2 fully saturated rings. The van der Waals surface area contributed by atoms with Crippen molar-refractivity contribution in [3.8, 4) is 5.75 Å². The van der Waals surface area contributed by atoms with Gasteiger partial charge in [0.2, 0.25) is 0 Å². The lowest BCUT2D eigenvalue weighted by Gasteiger charge is -2.41. The van der Waals surface area contributed by atoms with Crippen LogP contribution < -0.4 is 15.0 Å². The van der Waals surface area contributed by atoms with E-state index < -0.39 is 6.09 Å². The molecule has 3 aromatic carbocycles. The van der Waals surface area contributed by atoms with Crippen molar-refractivity contribution in [2.45, 2.75) is 38.3 Å². The van der Waals surface area contributed by atoms with Gasteiger partial charge in [0.25, 0.3) is 0 Å². The van der Waals surface area contributed by atoms with Crippen molar-refractivity contribution in [3.05, 3.63) is 95.6 Å². The Balaban J connectivity index is 1.07. The van der Waals surface area contributed by atoms with Crippen LogP contribution in [0.2, 0.25) is 0 Å². The summed E-state index contributed by atoms with van der Waals surface area (Å²) in [6.07, 6.45) is 2.22. The van der Waals surface area contributed by atoms with Crippen LogP contribution in [0.3, 0.4) is 0 Å². The number of ether oxygens (including phenoxy) is 2. The lowest BCUT2D eigenvalue weighted by atomic mass is 9.90. The summed E-state index contributed by atoms with van der Waals surface area (Å²) in [6, 6.07) is 26.6. The number of rotatable bonds is 9. The molecule has 176 valence electrons. The average molecular weight is 457 g/mol. The fourth-order valence-electron chi connectivity index (χ4n) is 4.23. The van der Waals surface area contributed by atoms with Crippen molar-refractivity contribution in [1.82, 2.24) is 5.32 Å². The molecule has 1 saturated carbocycles. The first-order valence-corrected chi connectivity index (χ1v) is 12.2. The first-order chi connectivity index (χ1) is 16.6. The molecule has 1 amide bonds. The number of hydrogen-bond donors (Lipinski definition) is 1. The molecular weight excluding hydrogens is 424 g/mol. The molecule has 3 aromatic rings. The van der Waals surface area contributed by atoms with Crippen molar-refractivity contribution < 1.29 is 14.3 Å². The minimum Gasteiger partial charge on any atom is -0.493 e. The average Bonchev–Trinajstić information content (AvgIpc) is 3.67. The smallest absolute Gasteiger partial charge is 0.407 e. The summed E-state index contributed by atoms with van der Waals surface area (Å²) in [4.78, 5) is 14.5. The van der Waals surface area contributed by atoms with Gasteiger partial charge in [-0.25, -0.2) is 4.79 Å². The summed E-state index contributed by atoms with van der Waals surface area (Å²) in [6.45, 7) is 5.13. The normalized spacial score (nSPS) is 16.4. The molecule has 1 N–H and O–H groups in total. The predicted molar refractivity (Wildman–Crippen MR) is 134 cm³/mol. The Bertz CT molecular complexity index is 1070. The quantitative estimate of drug-likeness (QED) is 0.425. The van der Waals surface area contributed by atoms with Crippen molar-refractivity contribution in [2.24, 2.45) is 5.92 Å². The molecule has 1 aliphatic carbocycles. The van der Waals surface area contributed by atoms with E-state index in [0.717, 1.165) is 42.5 Å². The van der Waals surface area contributed by atoms with Gasteiger partial charge < -0.3 is 19.7 Å². The second kappa shape index (κ2) is 10.2. The Kier molecular flexibility index (Phi) is 6.70. The Morgan fingerprint density at radius 3 is 2.35 bits per heavy atom. The molecule has 5 nitrogen and oxygen atoms in total. The Morgan fingerprint density at radius 2 is 1.68 bits per heavy atom. The van der Waals surface area contributed by atoms with E-state index in [1.54, 1.807) is 0 Å². The third-order valence-corrected chi connectivity index (χ3v) is 6.72. The molecule has 5 rings (SSSR count). The minimum atomic E-state index is -0.404. The van der Waals surface area contributed by atoms with Crippen LogP contribution in [-0.4, -0.2) is 25.8 Å². The molecule has 34 heavy (non-hydrogen) atoms. The SMILES string of the molecule is C[C@H](NC(=O)OCc1ccccc1)c1ccc(C2CN(c3ccc(OCC4CC4)cc3)C2)cc1. The second-order valence-corrected chi connectivity index (χ2v) is 9.44. The molecule has 0 bridgehead atoms. The number of benzene rings is 3. The van der Waals surface area contributed by atoms with Crippen LogP contribution in [0.1, 0.15) is 48.4 Å². The summed E-state index contributed by atoms with van der Waals surface area (Å²) in [5.41, 5.74) is 4.63. The number of hydrogen-bond acceptors (Lipinski definition) is 4. The van der Waals surface area contributed by atoms with Crippen LogP contribution in [-0.2, 0) is 11.3 Å². The fraction of sp³-hybridized carbons (Fsp3) is 0.345. The Morgan fingerprint density at radius 1 is 0.971 bits per heavy atom. The van der Waals surface area contributed by atoms with Gasteiger partial charge >= 0.3 is 6.09 Å². The van der Waals surface area contributed by atoms with Gasteiger partial charge in [0.15, 0.2) is 0 Å². The molecule has 0 radical (unpaired) electrons. The molecule has 0 spiro atoms. The highest BCUT2D eigenvalue weighted by atomic mass is 16.5. The number of amides is 1. The third kappa shape index (κ3) is 5.71. The van der Waals surface area contributed by atoms with E-state index in [2.05, 4.69) is 58.7 Å². The molecule has 1 heterocycles. The van der Waals surface area contributed by atoms with Crippen molar-refractivity contribution in [2.75, 3.05) is 24.6 Å². The van der Waals surface area contributed by atoms with Crippen LogP contribution in [0, 0.1) is 5.92 Å². The number of anilines is 1. The van der Waals surface area contributed by atoms with Crippen LogP contribution in [0.4, 0.5) is 10.5 Å². The van der Waals surface area contributed by atoms with Gasteiger partial charge in [-0.15, -0.1) is 0 Å². The summed E-state index contributed by atoms with van der Waals surface area (Å²) >= 11 is 0. The van der Waals surface area contributed by atoms with E-state index in [-0.39, 0.29) is 12.6 Å². The number of alkyl carbamates (subject to hydrolysis) is 1. The van der Waals surface area contributed by atoms with Crippen molar-refractivity contribution in [3.63, 3.8) is 0 Å². The van der Waals surface area contributed by atoms with E-state index in [9.17, 15) is 4.79 Å². The van der Waals surface area contributed by atoms with Crippen LogP contribution in [0.5, 0.6) is 5.75 Å². The van der Waals surface area contributed by atoms with E-state index in [1.807, 2.05) is 37.3 Å². The molecule has 0 unspecified atom stereocenters. The zero-order valence-electron chi connectivity index (χ0n) is 19.7. The molecule has 2 aliphatic rings. The van der Waals surface area contributed by atoms with Gasteiger partial charge in [-0.3, -0.25) is 0 Å². The molecule has 1 atom stereocenters.